The molecule has 0 saturated carbocycles. The summed E-state index contributed by atoms with van der Waals surface area (Å²) < 4.78 is 5.09. The summed E-state index contributed by atoms with van der Waals surface area (Å²) in [4.78, 5) is 8.63. The minimum Gasteiger partial charge on any atom is -0.481 e. The predicted octanol–water partition coefficient (Wildman–Crippen LogP) is 1.56. The van der Waals surface area contributed by atoms with Crippen molar-refractivity contribution in [1.29, 1.82) is 0 Å². The number of nitrogens with zero attached hydrogens (tertiary/aromatic N) is 2. The minimum atomic E-state index is 0.188. The highest BCUT2D eigenvalue weighted by Gasteiger charge is 2.04. The number of aromatic nitrogens is 2. The van der Waals surface area contributed by atoms with Crippen molar-refractivity contribution >= 4 is 11.0 Å². The first-order chi connectivity index (χ1) is 7.85. The topological polar surface area (TPSA) is 55.2 Å². The molecule has 0 aliphatic heterocycles. The predicted molar refractivity (Wildman–Crippen MR) is 61.5 cm³/mol. The lowest BCUT2D eigenvalue weighted by atomic mass is 10.1. The number of aliphatic hydroxyl groups excluding tert-OH is 1. The van der Waals surface area contributed by atoms with Gasteiger partial charge in [-0.25, -0.2) is 4.98 Å². The third kappa shape index (κ3) is 2.12. The highest BCUT2D eigenvalue weighted by Crippen LogP contribution is 2.19. The molecule has 0 aliphatic rings. The Labute approximate surface area is 93.9 Å². The Bertz CT molecular complexity index is 485. The summed E-state index contributed by atoms with van der Waals surface area (Å²) in [5.41, 5.74) is 2.81. The van der Waals surface area contributed by atoms with Gasteiger partial charge < -0.3 is 9.84 Å². The Morgan fingerprint density at radius 3 is 2.94 bits per heavy atom. The highest BCUT2D eigenvalue weighted by molar-refractivity contribution is 5.78. The molecule has 84 valence electrons. The molecule has 0 bridgehead atoms. The molecule has 16 heavy (non-hydrogen) atoms. The largest absolute Gasteiger partial charge is 0.481 e. The van der Waals surface area contributed by atoms with E-state index >= 15 is 0 Å². The van der Waals surface area contributed by atoms with Gasteiger partial charge in [-0.3, -0.25) is 4.98 Å². The van der Waals surface area contributed by atoms with Gasteiger partial charge in [0.2, 0.25) is 5.88 Å². The van der Waals surface area contributed by atoms with Gasteiger partial charge in [0.1, 0.15) is 0 Å². The maximum atomic E-state index is 8.84. The van der Waals surface area contributed by atoms with E-state index in [0.29, 0.717) is 5.88 Å². The quantitative estimate of drug-likeness (QED) is 0.846. The number of rotatable bonds is 4. The van der Waals surface area contributed by atoms with Crippen LogP contribution in [0.3, 0.4) is 0 Å². The fourth-order valence-corrected chi connectivity index (χ4v) is 1.65. The molecule has 0 radical (unpaired) electrons. The van der Waals surface area contributed by atoms with E-state index in [2.05, 4.69) is 9.97 Å². The zero-order chi connectivity index (χ0) is 11.4. The SMILES string of the molecule is COc1ccc2nccc(CCCO)c2n1. The first kappa shape index (κ1) is 10.8. The number of ether oxygens (including phenoxy) is 1. The van der Waals surface area contributed by atoms with Crippen LogP contribution in [0.4, 0.5) is 0 Å². The lowest BCUT2D eigenvalue weighted by Crippen LogP contribution is -1.96. The van der Waals surface area contributed by atoms with Crippen molar-refractivity contribution in [3.8, 4) is 5.88 Å². The maximum Gasteiger partial charge on any atom is 0.213 e. The van der Waals surface area contributed by atoms with Crippen molar-refractivity contribution in [2.45, 2.75) is 12.8 Å². The molecule has 2 rings (SSSR count). The second-order valence-electron chi connectivity index (χ2n) is 3.52. The monoisotopic (exact) mass is 218 g/mol. The molecule has 0 unspecified atom stereocenters. The Morgan fingerprint density at radius 2 is 2.19 bits per heavy atom. The molecule has 0 fully saturated rings. The van der Waals surface area contributed by atoms with Gasteiger partial charge in [0.15, 0.2) is 0 Å². The first-order valence-electron chi connectivity index (χ1n) is 5.24. The van der Waals surface area contributed by atoms with Crippen LogP contribution in [-0.2, 0) is 6.42 Å². The van der Waals surface area contributed by atoms with E-state index in [9.17, 15) is 0 Å². The molecular weight excluding hydrogens is 204 g/mol. The van der Waals surface area contributed by atoms with Crippen molar-refractivity contribution in [1.82, 2.24) is 9.97 Å². The van der Waals surface area contributed by atoms with E-state index in [4.69, 9.17) is 9.84 Å². The average Bonchev–Trinajstić information content (AvgIpc) is 2.35. The summed E-state index contributed by atoms with van der Waals surface area (Å²) in [6, 6.07) is 5.62. The number of hydrogen-bond acceptors (Lipinski definition) is 4. The molecule has 2 aromatic rings. The summed E-state index contributed by atoms with van der Waals surface area (Å²) >= 11 is 0. The number of fused-ring (bicyclic) bond motifs is 1. The second kappa shape index (κ2) is 4.90. The number of pyridine rings is 2. The fraction of sp³-hybridized carbons (Fsp3) is 0.333. The van der Waals surface area contributed by atoms with E-state index < -0.39 is 0 Å². The van der Waals surface area contributed by atoms with Crippen LogP contribution in [0.15, 0.2) is 24.4 Å². The molecule has 2 heterocycles. The Balaban J connectivity index is 2.46. The average molecular weight is 218 g/mol. The standard InChI is InChI=1S/C12H14N2O2/c1-16-11-5-4-10-12(14-11)9(3-2-8-15)6-7-13-10/h4-7,15H,2-3,8H2,1H3. The van der Waals surface area contributed by atoms with Gasteiger partial charge in [-0.2, -0.15) is 0 Å². The molecule has 0 aliphatic carbocycles. The molecule has 4 nitrogen and oxygen atoms in total. The van der Waals surface area contributed by atoms with E-state index in [1.165, 1.54) is 0 Å². The van der Waals surface area contributed by atoms with Gasteiger partial charge in [-0.15, -0.1) is 0 Å². The van der Waals surface area contributed by atoms with E-state index in [1.54, 1.807) is 19.4 Å². The fourth-order valence-electron chi connectivity index (χ4n) is 1.65. The lowest BCUT2D eigenvalue weighted by molar-refractivity contribution is 0.288. The van der Waals surface area contributed by atoms with Gasteiger partial charge >= 0.3 is 0 Å². The normalized spacial score (nSPS) is 10.6. The zero-order valence-corrected chi connectivity index (χ0v) is 9.18. The maximum absolute atomic E-state index is 8.84. The number of aliphatic hydroxyl groups is 1. The molecule has 4 heteroatoms. The van der Waals surface area contributed by atoms with Crippen molar-refractivity contribution in [3.05, 3.63) is 30.0 Å². The number of methoxy groups -OCH3 is 1. The summed E-state index contributed by atoms with van der Waals surface area (Å²) in [6.45, 7) is 0.188. The van der Waals surface area contributed by atoms with Crippen molar-refractivity contribution in [2.24, 2.45) is 0 Å². The summed E-state index contributed by atoms with van der Waals surface area (Å²) in [5, 5.41) is 8.84. The van der Waals surface area contributed by atoms with E-state index in [-0.39, 0.29) is 6.61 Å². The Hall–Kier alpha value is -1.68. The Kier molecular flexibility index (Phi) is 3.31. The minimum absolute atomic E-state index is 0.188. The molecule has 0 amide bonds. The Morgan fingerprint density at radius 1 is 1.31 bits per heavy atom. The second-order valence-corrected chi connectivity index (χ2v) is 3.52. The summed E-state index contributed by atoms with van der Waals surface area (Å²) in [5.74, 6) is 0.589. The van der Waals surface area contributed by atoms with Gasteiger partial charge in [-0.05, 0) is 30.5 Å². The smallest absolute Gasteiger partial charge is 0.213 e. The first-order valence-corrected chi connectivity index (χ1v) is 5.24. The van der Waals surface area contributed by atoms with Crippen molar-refractivity contribution in [2.75, 3.05) is 13.7 Å². The zero-order valence-electron chi connectivity index (χ0n) is 9.18. The molecule has 0 spiro atoms. The molecule has 1 N–H and O–H groups in total. The number of aryl methyl sites for hydroxylation is 1. The molecule has 0 aromatic carbocycles. The summed E-state index contributed by atoms with van der Waals surface area (Å²) in [7, 11) is 1.60. The summed E-state index contributed by atoms with van der Waals surface area (Å²) in [6.07, 6.45) is 3.30. The molecule has 2 aromatic heterocycles. The lowest BCUT2D eigenvalue weighted by Gasteiger charge is -2.05. The van der Waals surface area contributed by atoms with Crippen LogP contribution in [0.5, 0.6) is 5.88 Å². The van der Waals surface area contributed by atoms with Crippen LogP contribution < -0.4 is 4.74 Å². The van der Waals surface area contributed by atoms with E-state index in [1.807, 2.05) is 12.1 Å². The van der Waals surface area contributed by atoms with Crippen LogP contribution in [-0.4, -0.2) is 28.8 Å². The molecule has 0 saturated heterocycles. The molecule has 0 atom stereocenters. The van der Waals surface area contributed by atoms with Crippen LogP contribution in [0.2, 0.25) is 0 Å². The third-order valence-corrected chi connectivity index (χ3v) is 2.46. The van der Waals surface area contributed by atoms with Gasteiger partial charge in [0, 0.05) is 18.9 Å². The van der Waals surface area contributed by atoms with E-state index in [0.717, 1.165) is 29.4 Å². The van der Waals surface area contributed by atoms with Gasteiger partial charge in [0.25, 0.3) is 0 Å². The van der Waals surface area contributed by atoms with Gasteiger partial charge in [0.05, 0.1) is 18.1 Å². The van der Waals surface area contributed by atoms with Crippen LogP contribution in [0, 0.1) is 0 Å². The van der Waals surface area contributed by atoms with Crippen LogP contribution >= 0.6 is 0 Å². The number of hydrogen-bond donors (Lipinski definition) is 1. The van der Waals surface area contributed by atoms with Crippen molar-refractivity contribution in [3.63, 3.8) is 0 Å². The third-order valence-electron chi connectivity index (χ3n) is 2.46. The highest BCUT2D eigenvalue weighted by atomic mass is 16.5. The molecular formula is C12H14N2O2. The van der Waals surface area contributed by atoms with Crippen LogP contribution in [0.25, 0.3) is 11.0 Å². The van der Waals surface area contributed by atoms with Crippen LogP contribution in [0.1, 0.15) is 12.0 Å². The van der Waals surface area contributed by atoms with Gasteiger partial charge in [-0.1, -0.05) is 0 Å². The van der Waals surface area contributed by atoms with Crippen molar-refractivity contribution < 1.29 is 9.84 Å².